The number of hydrogen-bond acceptors (Lipinski definition) is 7. The lowest BCUT2D eigenvalue weighted by molar-refractivity contribution is 0.283. The molecule has 0 bridgehead atoms. The fourth-order valence-corrected chi connectivity index (χ4v) is 3.48. The van der Waals surface area contributed by atoms with Crippen LogP contribution in [0.15, 0.2) is 33.9 Å². The predicted octanol–water partition coefficient (Wildman–Crippen LogP) is 4.79. The molecule has 0 saturated heterocycles. The smallest absolute Gasteiger partial charge is 0.288 e. The first-order valence-electron chi connectivity index (χ1n) is 12.0. The van der Waals surface area contributed by atoms with Crippen molar-refractivity contribution in [3.05, 3.63) is 41.1 Å². The second kappa shape index (κ2) is 14.9. The zero-order valence-electron chi connectivity index (χ0n) is 20.7. The molecule has 0 amide bonds. The van der Waals surface area contributed by atoms with Gasteiger partial charge in [0.15, 0.2) is 0 Å². The molecule has 0 aliphatic carbocycles. The zero-order chi connectivity index (χ0) is 25.6. The molecule has 0 spiro atoms. The van der Waals surface area contributed by atoms with E-state index in [1.807, 2.05) is 12.4 Å². The van der Waals surface area contributed by atoms with Crippen molar-refractivity contribution in [1.82, 2.24) is 10.6 Å². The first-order valence-corrected chi connectivity index (χ1v) is 12.0. The molecule has 1 atom stereocenters. The third-order valence-corrected chi connectivity index (χ3v) is 5.33. The van der Waals surface area contributed by atoms with Gasteiger partial charge in [-0.2, -0.15) is 0 Å². The van der Waals surface area contributed by atoms with Crippen LogP contribution in [0.4, 0.5) is 8.78 Å². The minimum Gasteiger partial charge on any atom is -0.493 e. The van der Waals surface area contributed by atoms with Gasteiger partial charge in [0.25, 0.3) is 6.02 Å². The van der Waals surface area contributed by atoms with Crippen molar-refractivity contribution in [3.63, 3.8) is 0 Å². The Hall–Kier alpha value is -3.30. The van der Waals surface area contributed by atoms with E-state index in [-0.39, 0.29) is 11.8 Å². The molecule has 35 heavy (non-hydrogen) atoms. The van der Waals surface area contributed by atoms with Gasteiger partial charge in [-0.3, -0.25) is 15.8 Å². The highest BCUT2D eigenvalue weighted by Crippen LogP contribution is 2.23. The van der Waals surface area contributed by atoms with Gasteiger partial charge in [-0.05, 0) is 57.4 Å². The molecule has 0 aromatic heterocycles. The predicted molar refractivity (Wildman–Crippen MR) is 136 cm³/mol. The third kappa shape index (κ3) is 10.2. The first kappa shape index (κ1) is 27.9. The number of amidine groups is 1. The van der Waals surface area contributed by atoms with Crippen molar-refractivity contribution in [1.29, 1.82) is 10.8 Å². The van der Waals surface area contributed by atoms with E-state index in [0.29, 0.717) is 12.5 Å². The third-order valence-electron chi connectivity index (χ3n) is 5.33. The van der Waals surface area contributed by atoms with E-state index >= 15 is 0 Å². The summed E-state index contributed by atoms with van der Waals surface area (Å²) in [7, 11) is 0. The van der Waals surface area contributed by atoms with Gasteiger partial charge < -0.3 is 20.1 Å². The second-order valence-corrected chi connectivity index (χ2v) is 8.58. The van der Waals surface area contributed by atoms with Crippen LogP contribution < -0.4 is 15.4 Å². The molecule has 1 aromatic rings. The van der Waals surface area contributed by atoms with E-state index < -0.39 is 29.1 Å². The molecule has 2 rings (SSSR count). The topological polar surface area (TPSA) is 115 Å². The summed E-state index contributed by atoms with van der Waals surface area (Å²) in [6.07, 6.45) is 9.81. The Morgan fingerprint density at radius 2 is 1.97 bits per heavy atom. The SMILES string of the molecule is CCC1=C/N=C/NCCC(CCCOc2cc(F)c(C(=N)OC(=N)NC(C)C)c(F)c2)CC/N=C\1. The van der Waals surface area contributed by atoms with Crippen molar-refractivity contribution >= 4 is 24.5 Å². The zero-order valence-corrected chi connectivity index (χ0v) is 20.7. The van der Waals surface area contributed by atoms with Gasteiger partial charge in [0.2, 0.25) is 5.90 Å². The molecule has 1 aliphatic heterocycles. The highest BCUT2D eigenvalue weighted by atomic mass is 19.1. The number of nitrogens with zero attached hydrogens (tertiary/aromatic N) is 2. The van der Waals surface area contributed by atoms with E-state index in [4.69, 9.17) is 20.3 Å². The molecule has 0 radical (unpaired) electrons. The molecule has 1 heterocycles. The normalized spacial score (nSPS) is 19.8. The number of hydrogen-bond donors (Lipinski definition) is 4. The summed E-state index contributed by atoms with van der Waals surface area (Å²) >= 11 is 0. The Labute approximate surface area is 205 Å². The number of rotatable bonds is 8. The van der Waals surface area contributed by atoms with Crippen LogP contribution in [0, 0.1) is 28.4 Å². The number of aliphatic imine (C=N–C) groups is 2. The Kier molecular flexibility index (Phi) is 11.9. The van der Waals surface area contributed by atoms with Crippen LogP contribution in [-0.4, -0.2) is 50.2 Å². The van der Waals surface area contributed by atoms with Crippen LogP contribution in [-0.2, 0) is 4.74 Å². The van der Waals surface area contributed by atoms with Crippen LogP contribution in [0.2, 0.25) is 0 Å². The van der Waals surface area contributed by atoms with Crippen LogP contribution in [0.5, 0.6) is 5.75 Å². The lowest BCUT2D eigenvalue weighted by Gasteiger charge is -2.17. The maximum Gasteiger partial charge on any atom is 0.288 e. The maximum absolute atomic E-state index is 14.5. The van der Waals surface area contributed by atoms with E-state index in [2.05, 4.69) is 27.5 Å². The number of benzene rings is 1. The van der Waals surface area contributed by atoms with Gasteiger partial charge in [-0.25, -0.2) is 13.8 Å². The number of halogens is 2. The fourth-order valence-electron chi connectivity index (χ4n) is 3.48. The minimum absolute atomic E-state index is 0.0481. The quantitative estimate of drug-likeness (QED) is 0.238. The van der Waals surface area contributed by atoms with Gasteiger partial charge >= 0.3 is 0 Å². The van der Waals surface area contributed by atoms with Crippen LogP contribution >= 0.6 is 0 Å². The fraction of sp³-hybridized carbons (Fsp3) is 0.520. The van der Waals surface area contributed by atoms with Crippen molar-refractivity contribution in [2.75, 3.05) is 19.7 Å². The Morgan fingerprint density at radius 1 is 1.23 bits per heavy atom. The van der Waals surface area contributed by atoms with Crippen LogP contribution in [0.1, 0.15) is 58.4 Å². The van der Waals surface area contributed by atoms with E-state index in [0.717, 1.165) is 62.9 Å². The Morgan fingerprint density at radius 3 is 2.66 bits per heavy atom. The number of allylic oxidation sites excluding steroid dienone is 1. The monoisotopic (exact) mass is 490 g/mol. The van der Waals surface area contributed by atoms with Gasteiger partial charge in [-0.15, -0.1) is 0 Å². The van der Waals surface area contributed by atoms with Crippen LogP contribution in [0.25, 0.3) is 0 Å². The average molecular weight is 491 g/mol. The number of nitrogens with one attached hydrogen (secondary N) is 4. The van der Waals surface area contributed by atoms with E-state index in [1.165, 1.54) is 0 Å². The lowest BCUT2D eigenvalue weighted by atomic mass is 9.96. The standard InChI is InChI=1S/C25H36F2N6O2/c1-4-18-14-30-9-7-19(8-10-31-16-32-15-18)6-5-11-34-20-12-21(26)23(22(27)13-20)24(28)35-25(29)33-17(2)3/h12-17,19,28H,4-11H2,1-3H3,(H2,29,33)(H,31,32)/b18-15-,28-24?,30-14-. The van der Waals surface area contributed by atoms with Crippen LogP contribution in [0.3, 0.4) is 0 Å². The van der Waals surface area contributed by atoms with E-state index in [9.17, 15) is 8.78 Å². The molecule has 1 aliphatic rings. The van der Waals surface area contributed by atoms with Gasteiger partial charge in [0.05, 0.1) is 12.9 Å². The minimum atomic E-state index is -0.979. The highest BCUT2D eigenvalue weighted by molar-refractivity contribution is 5.99. The van der Waals surface area contributed by atoms with E-state index in [1.54, 1.807) is 20.2 Å². The summed E-state index contributed by atoms with van der Waals surface area (Å²) < 4.78 is 39.4. The van der Waals surface area contributed by atoms with Gasteiger partial charge in [0, 0.05) is 43.7 Å². The maximum atomic E-state index is 14.5. The summed E-state index contributed by atoms with van der Waals surface area (Å²) in [6, 6.07) is 1.49. The Bertz CT molecular complexity index is 923. The molecule has 0 saturated carbocycles. The summed E-state index contributed by atoms with van der Waals surface area (Å²) in [5.74, 6) is -2.25. The summed E-state index contributed by atoms with van der Waals surface area (Å²) in [4.78, 5) is 8.75. The Balaban J connectivity index is 1.86. The van der Waals surface area contributed by atoms with Crippen molar-refractivity contribution in [2.24, 2.45) is 15.9 Å². The van der Waals surface area contributed by atoms with Gasteiger partial charge in [0.1, 0.15) is 22.9 Å². The van der Waals surface area contributed by atoms with Crippen molar-refractivity contribution in [3.8, 4) is 5.75 Å². The molecule has 4 N–H and O–H groups in total. The summed E-state index contributed by atoms with van der Waals surface area (Å²) in [5.41, 5.74) is 0.435. The molecule has 8 nitrogen and oxygen atoms in total. The highest BCUT2D eigenvalue weighted by Gasteiger charge is 2.19. The van der Waals surface area contributed by atoms with Gasteiger partial charge in [-0.1, -0.05) is 6.92 Å². The number of ether oxygens (including phenoxy) is 2. The average Bonchev–Trinajstić information content (AvgIpc) is 2.77. The molecule has 10 heteroatoms. The molecular weight excluding hydrogens is 454 g/mol. The second-order valence-electron chi connectivity index (χ2n) is 8.58. The van der Waals surface area contributed by atoms with Crippen molar-refractivity contribution < 1.29 is 18.3 Å². The largest absolute Gasteiger partial charge is 0.493 e. The summed E-state index contributed by atoms with van der Waals surface area (Å²) in [5, 5.41) is 21.2. The molecular formula is C25H36F2N6O2. The lowest BCUT2D eigenvalue weighted by Crippen LogP contribution is -2.33. The van der Waals surface area contributed by atoms with Crippen molar-refractivity contribution in [2.45, 2.75) is 58.9 Å². The molecule has 1 unspecified atom stereocenters. The first-order chi connectivity index (χ1) is 16.8. The molecule has 192 valence electrons. The summed E-state index contributed by atoms with van der Waals surface area (Å²) in [6.45, 7) is 7.47. The molecule has 1 aromatic carbocycles. The molecule has 0 fully saturated rings.